The van der Waals surface area contributed by atoms with Gasteiger partial charge in [-0.2, -0.15) is 0 Å². The number of carbonyl (C=O) groups is 2. The summed E-state index contributed by atoms with van der Waals surface area (Å²) in [4.78, 5) is 31.7. The van der Waals surface area contributed by atoms with E-state index in [4.69, 9.17) is 9.47 Å². The Morgan fingerprint density at radius 2 is 1.29 bits per heavy atom. The third-order valence-corrected chi connectivity index (χ3v) is 6.39. The van der Waals surface area contributed by atoms with Gasteiger partial charge in [0.05, 0.1) is 25.3 Å². The van der Waals surface area contributed by atoms with Crippen LogP contribution in [0, 0.1) is 0 Å². The fraction of sp³-hybridized carbons (Fsp3) is 0.259. The van der Waals surface area contributed by atoms with Crippen LogP contribution in [-0.4, -0.2) is 56.0 Å². The first-order valence-corrected chi connectivity index (χ1v) is 11.5. The van der Waals surface area contributed by atoms with Crippen molar-refractivity contribution in [2.45, 2.75) is 12.5 Å². The molecule has 7 nitrogen and oxygen atoms in total. The van der Waals surface area contributed by atoms with Crippen molar-refractivity contribution in [3.05, 3.63) is 78.9 Å². The van der Waals surface area contributed by atoms with Crippen LogP contribution in [0.15, 0.2) is 78.9 Å². The molecule has 7 heteroatoms. The Kier molecular flexibility index (Phi) is 6.18. The molecule has 0 spiro atoms. The van der Waals surface area contributed by atoms with Gasteiger partial charge in [-0.1, -0.05) is 18.2 Å². The Balaban J connectivity index is 1.21. The second-order valence-electron chi connectivity index (χ2n) is 8.42. The monoisotopic (exact) mass is 457 g/mol. The van der Waals surface area contributed by atoms with E-state index in [1.54, 1.807) is 31.4 Å². The number of hydrogen-bond acceptors (Lipinski definition) is 6. The minimum absolute atomic E-state index is 0.153. The van der Waals surface area contributed by atoms with Gasteiger partial charge >= 0.3 is 0 Å². The number of piperazine rings is 1. The number of para-hydroxylation sites is 1. The van der Waals surface area contributed by atoms with E-state index < -0.39 is 6.04 Å². The maximum atomic E-state index is 13.2. The largest absolute Gasteiger partial charge is 0.497 e. The zero-order valence-corrected chi connectivity index (χ0v) is 19.1. The van der Waals surface area contributed by atoms with Crippen molar-refractivity contribution in [2.75, 3.05) is 43.1 Å². The number of anilines is 2. The van der Waals surface area contributed by atoms with E-state index in [0.717, 1.165) is 43.4 Å². The van der Waals surface area contributed by atoms with E-state index >= 15 is 0 Å². The van der Waals surface area contributed by atoms with Gasteiger partial charge in [0.25, 0.3) is 5.91 Å². The number of ether oxygens (including phenoxy) is 2. The van der Waals surface area contributed by atoms with Crippen molar-refractivity contribution in [1.29, 1.82) is 0 Å². The Hall–Kier alpha value is -3.84. The first-order chi connectivity index (χ1) is 16.6. The lowest BCUT2D eigenvalue weighted by molar-refractivity contribution is -0.123. The second-order valence-corrected chi connectivity index (χ2v) is 8.42. The zero-order chi connectivity index (χ0) is 23.5. The van der Waals surface area contributed by atoms with Crippen LogP contribution in [0.25, 0.3) is 0 Å². The van der Waals surface area contributed by atoms with Crippen molar-refractivity contribution < 1.29 is 19.1 Å². The Labute approximate surface area is 199 Å². The molecule has 34 heavy (non-hydrogen) atoms. The molecule has 3 aromatic carbocycles. The number of amides is 2. The van der Waals surface area contributed by atoms with Crippen LogP contribution < -0.4 is 19.3 Å². The van der Waals surface area contributed by atoms with E-state index in [2.05, 4.69) is 9.80 Å². The fourth-order valence-corrected chi connectivity index (χ4v) is 4.55. The highest BCUT2D eigenvalue weighted by Gasteiger charge is 2.43. The molecule has 0 aromatic heterocycles. The third-order valence-electron chi connectivity index (χ3n) is 6.39. The lowest BCUT2D eigenvalue weighted by Crippen LogP contribution is -2.52. The van der Waals surface area contributed by atoms with Gasteiger partial charge in [0.1, 0.15) is 17.2 Å². The maximum absolute atomic E-state index is 13.2. The number of methoxy groups -OCH3 is 1. The van der Waals surface area contributed by atoms with Gasteiger partial charge in [0.15, 0.2) is 0 Å². The molecule has 0 N–H and O–H groups in total. The van der Waals surface area contributed by atoms with Crippen molar-refractivity contribution >= 4 is 23.2 Å². The quantitative estimate of drug-likeness (QED) is 0.523. The molecule has 2 aliphatic rings. The molecule has 2 aliphatic heterocycles. The lowest BCUT2D eigenvalue weighted by Gasteiger charge is -2.38. The summed E-state index contributed by atoms with van der Waals surface area (Å²) in [6, 6.07) is 24.2. The summed E-state index contributed by atoms with van der Waals surface area (Å²) in [5, 5.41) is 0. The van der Waals surface area contributed by atoms with Crippen LogP contribution in [0.1, 0.15) is 6.42 Å². The molecule has 0 radical (unpaired) electrons. The van der Waals surface area contributed by atoms with Crippen LogP contribution >= 0.6 is 0 Å². The number of imide groups is 1. The van der Waals surface area contributed by atoms with E-state index in [-0.39, 0.29) is 18.2 Å². The minimum Gasteiger partial charge on any atom is -0.497 e. The highest BCUT2D eigenvalue weighted by Crippen LogP contribution is 2.30. The van der Waals surface area contributed by atoms with Gasteiger partial charge in [-0.15, -0.1) is 0 Å². The number of carbonyl (C=O) groups excluding carboxylic acids is 2. The van der Waals surface area contributed by atoms with Crippen molar-refractivity contribution in [3.8, 4) is 17.2 Å². The zero-order valence-electron chi connectivity index (χ0n) is 19.1. The Morgan fingerprint density at radius 1 is 0.706 bits per heavy atom. The molecule has 2 amide bonds. The highest BCUT2D eigenvalue weighted by atomic mass is 16.5. The van der Waals surface area contributed by atoms with Gasteiger partial charge < -0.3 is 14.4 Å². The molecule has 1 unspecified atom stereocenters. The smallest absolute Gasteiger partial charge is 0.251 e. The molecule has 2 fully saturated rings. The van der Waals surface area contributed by atoms with Crippen LogP contribution in [0.2, 0.25) is 0 Å². The van der Waals surface area contributed by atoms with Gasteiger partial charge in [0.2, 0.25) is 5.91 Å². The molecular formula is C27H27N3O4. The highest BCUT2D eigenvalue weighted by molar-refractivity contribution is 6.22. The number of nitrogens with zero attached hydrogens (tertiary/aromatic N) is 3. The summed E-state index contributed by atoms with van der Waals surface area (Å²) in [6.45, 7) is 3.06. The van der Waals surface area contributed by atoms with Crippen LogP contribution in [0.5, 0.6) is 17.2 Å². The summed E-state index contributed by atoms with van der Waals surface area (Å²) < 4.78 is 11.1. The molecule has 0 aliphatic carbocycles. The van der Waals surface area contributed by atoms with E-state index in [1.165, 1.54) is 4.90 Å². The fourth-order valence-electron chi connectivity index (χ4n) is 4.55. The average molecular weight is 458 g/mol. The van der Waals surface area contributed by atoms with Crippen molar-refractivity contribution in [3.63, 3.8) is 0 Å². The SMILES string of the molecule is COc1ccc(N2CCN(C3CC(=O)N(c4ccc(Oc5ccccc5)cc4)C3=O)CC2)cc1. The normalized spacial score (nSPS) is 18.9. The standard InChI is InChI=1S/C27H27N3O4/c1-33-22-11-7-20(8-12-22)28-15-17-29(18-16-28)25-19-26(31)30(27(25)32)21-9-13-24(14-10-21)34-23-5-3-2-4-6-23/h2-14,25H,15-19H2,1H3. The summed E-state index contributed by atoms with van der Waals surface area (Å²) in [6.07, 6.45) is 0.212. The second kappa shape index (κ2) is 9.57. The molecule has 3 aromatic rings. The Bertz CT molecular complexity index is 1140. The number of rotatable bonds is 6. The third kappa shape index (κ3) is 4.47. The molecular weight excluding hydrogens is 430 g/mol. The van der Waals surface area contributed by atoms with Crippen molar-refractivity contribution in [2.24, 2.45) is 0 Å². The summed E-state index contributed by atoms with van der Waals surface area (Å²) >= 11 is 0. The first-order valence-electron chi connectivity index (χ1n) is 11.5. The predicted octanol–water partition coefficient (Wildman–Crippen LogP) is 3.94. The van der Waals surface area contributed by atoms with Crippen molar-refractivity contribution in [1.82, 2.24) is 4.90 Å². The van der Waals surface area contributed by atoms with Gasteiger partial charge in [-0.3, -0.25) is 14.5 Å². The summed E-state index contributed by atoms with van der Waals surface area (Å²) in [5.74, 6) is 1.90. The van der Waals surface area contributed by atoms with Gasteiger partial charge in [0, 0.05) is 31.9 Å². The Morgan fingerprint density at radius 3 is 1.94 bits per heavy atom. The first kappa shape index (κ1) is 22.0. The molecule has 5 rings (SSSR count). The molecule has 0 bridgehead atoms. The van der Waals surface area contributed by atoms with E-state index in [9.17, 15) is 9.59 Å². The molecule has 2 heterocycles. The molecule has 174 valence electrons. The lowest BCUT2D eigenvalue weighted by atomic mass is 10.1. The summed E-state index contributed by atoms with van der Waals surface area (Å²) in [7, 11) is 1.66. The van der Waals surface area contributed by atoms with Crippen LogP contribution in [0.4, 0.5) is 11.4 Å². The molecule has 0 saturated carbocycles. The topological polar surface area (TPSA) is 62.3 Å². The minimum atomic E-state index is -0.411. The maximum Gasteiger partial charge on any atom is 0.251 e. The number of benzene rings is 3. The number of hydrogen-bond donors (Lipinski definition) is 0. The molecule has 2 saturated heterocycles. The van der Waals surface area contributed by atoms with Crippen LogP contribution in [-0.2, 0) is 9.59 Å². The molecule has 1 atom stereocenters. The average Bonchev–Trinajstić information content (AvgIpc) is 3.19. The van der Waals surface area contributed by atoms with E-state index in [1.807, 2.05) is 54.6 Å². The van der Waals surface area contributed by atoms with Crippen LogP contribution in [0.3, 0.4) is 0 Å². The van der Waals surface area contributed by atoms with Gasteiger partial charge in [-0.25, -0.2) is 4.90 Å². The van der Waals surface area contributed by atoms with Gasteiger partial charge in [-0.05, 0) is 60.7 Å². The summed E-state index contributed by atoms with van der Waals surface area (Å²) in [5.41, 5.74) is 1.71. The van der Waals surface area contributed by atoms with E-state index in [0.29, 0.717) is 11.4 Å². The predicted molar refractivity (Wildman–Crippen MR) is 131 cm³/mol.